The van der Waals surface area contributed by atoms with Crippen molar-refractivity contribution in [1.29, 1.82) is 0 Å². The monoisotopic (exact) mass is 184 g/mol. The molecular formula is C12H21F. The van der Waals surface area contributed by atoms with Gasteiger partial charge in [-0.05, 0) is 25.5 Å². The molecule has 13 heavy (non-hydrogen) atoms. The summed E-state index contributed by atoms with van der Waals surface area (Å²) in [5, 5.41) is 0. The summed E-state index contributed by atoms with van der Waals surface area (Å²) in [7, 11) is 0. The second-order valence-corrected chi connectivity index (χ2v) is 2.25. The first-order valence-electron chi connectivity index (χ1n) is 4.93. The zero-order valence-corrected chi connectivity index (χ0v) is 9.61. The van der Waals surface area contributed by atoms with Crippen molar-refractivity contribution in [3.63, 3.8) is 0 Å². The van der Waals surface area contributed by atoms with Crippen LogP contribution in [0.15, 0.2) is 18.2 Å². The van der Waals surface area contributed by atoms with E-state index < -0.39 is 0 Å². The summed E-state index contributed by atoms with van der Waals surface area (Å²) in [6, 6.07) is 5.09. The van der Waals surface area contributed by atoms with E-state index in [-0.39, 0.29) is 5.82 Å². The number of halogens is 1. The molecule has 76 valence electrons. The Balaban J connectivity index is 0. The lowest BCUT2D eigenvalue weighted by Gasteiger charge is -1.95. The first-order chi connectivity index (χ1) is 6.20. The van der Waals surface area contributed by atoms with E-state index in [2.05, 4.69) is 0 Å². The third kappa shape index (κ3) is 6.32. The molecule has 0 aliphatic heterocycles. The quantitative estimate of drug-likeness (QED) is 0.557. The van der Waals surface area contributed by atoms with E-state index in [1.165, 1.54) is 6.07 Å². The molecule has 0 aromatic heterocycles. The lowest BCUT2D eigenvalue weighted by Crippen LogP contribution is -1.81. The molecule has 0 amide bonds. The molecule has 1 aromatic carbocycles. The molecule has 0 N–H and O–H groups in total. The van der Waals surface area contributed by atoms with Crippen LogP contribution >= 0.6 is 0 Å². The summed E-state index contributed by atoms with van der Waals surface area (Å²) in [5.41, 5.74) is 1.82. The Morgan fingerprint density at radius 1 is 0.923 bits per heavy atom. The van der Waals surface area contributed by atoms with Gasteiger partial charge in [-0.3, -0.25) is 0 Å². The van der Waals surface area contributed by atoms with Crippen molar-refractivity contribution in [1.82, 2.24) is 0 Å². The van der Waals surface area contributed by atoms with Crippen LogP contribution < -0.4 is 0 Å². The van der Waals surface area contributed by atoms with Crippen molar-refractivity contribution in [2.45, 2.75) is 41.5 Å². The van der Waals surface area contributed by atoms with E-state index in [1.807, 2.05) is 40.7 Å². The molecule has 0 spiro atoms. The Morgan fingerprint density at radius 2 is 1.38 bits per heavy atom. The summed E-state index contributed by atoms with van der Waals surface area (Å²) in [6.45, 7) is 11.7. The molecule has 0 heterocycles. The average molecular weight is 184 g/mol. The third-order valence-corrected chi connectivity index (χ3v) is 1.31. The van der Waals surface area contributed by atoms with Crippen LogP contribution in [-0.4, -0.2) is 0 Å². The lowest BCUT2D eigenvalue weighted by molar-refractivity contribution is 0.618. The molecule has 0 bridgehead atoms. The number of rotatable bonds is 0. The summed E-state index contributed by atoms with van der Waals surface area (Å²) in [5.74, 6) is -0.124. The van der Waals surface area contributed by atoms with Crippen LogP contribution in [0, 0.1) is 19.7 Å². The summed E-state index contributed by atoms with van der Waals surface area (Å²) in [4.78, 5) is 0. The largest absolute Gasteiger partial charge is 0.207 e. The molecule has 0 radical (unpaired) electrons. The lowest BCUT2D eigenvalue weighted by atomic mass is 10.1. The molecule has 0 nitrogen and oxygen atoms in total. The van der Waals surface area contributed by atoms with Gasteiger partial charge < -0.3 is 0 Å². The van der Waals surface area contributed by atoms with Crippen LogP contribution in [0.5, 0.6) is 0 Å². The van der Waals surface area contributed by atoms with Gasteiger partial charge in [-0.2, -0.15) is 0 Å². The number of hydrogen-bond donors (Lipinski definition) is 0. The van der Waals surface area contributed by atoms with Crippen molar-refractivity contribution in [2.24, 2.45) is 0 Å². The SMILES string of the molecule is CC.CC.Cc1ccc(F)c(C)c1. The first-order valence-corrected chi connectivity index (χ1v) is 4.93. The van der Waals surface area contributed by atoms with Gasteiger partial charge >= 0.3 is 0 Å². The third-order valence-electron chi connectivity index (χ3n) is 1.31. The number of aryl methyl sites for hydroxylation is 2. The second-order valence-electron chi connectivity index (χ2n) is 2.25. The van der Waals surface area contributed by atoms with Gasteiger partial charge in [0, 0.05) is 0 Å². The minimum Gasteiger partial charge on any atom is -0.207 e. The van der Waals surface area contributed by atoms with Gasteiger partial charge in [-0.25, -0.2) is 4.39 Å². The van der Waals surface area contributed by atoms with E-state index >= 15 is 0 Å². The van der Waals surface area contributed by atoms with Gasteiger partial charge in [0.05, 0.1) is 0 Å². The summed E-state index contributed by atoms with van der Waals surface area (Å²) >= 11 is 0. The zero-order chi connectivity index (χ0) is 10.9. The van der Waals surface area contributed by atoms with Gasteiger partial charge in [0.25, 0.3) is 0 Å². The van der Waals surface area contributed by atoms with Gasteiger partial charge in [0.1, 0.15) is 5.82 Å². The zero-order valence-electron chi connectivity index (χ0n) is 9.61. The highest BCUT2D eigenvalue weighted by Crippen LogP contribution is 2.06. The Bertz CT molecular complexity index is 216. The maximum atomic E-state index is 12.5. The normalized spacial score (nSPS) is 7.62. The number of hydrogen-bond acceptors (Lipinski definition) is 0. The predicted octanol–water partition coefficient (Wildman–Crippen LogP) is 4.49. The number of benzene rings is 1. The van der Waals surface area contributed by atoms with Crippen molar-refractivity contribution >= 4 is 0 Å². The Morgan fingerprint density at radius 3 is 1.69 bits per heavy atom. The average Bonchev–Trinajstić information content (AvgIpc) is 2.18. The summed E-state index contributed by atoms with van der Waals surface area (Å²) < 4.78 is 12.5. The Kier molecular flexibility index (Phi) is 10.4. The van der Waals surface area contributed by atoms with Crippen molar-refractivity contribution in [3.8, 4) is 0 Å². The molecule has 0 atom stereocenters. The molecule has 0 aliphatic rings. The van der Waals surface area contributed by atoms with Crippen molar-refractivity contribution in [2.75, 3.05) is 0 Å². The fourth-order valence-corrected chi connectivity index (χ4v) is 0.795. The molecule has 1 heteroatoms. The van der Waals surface area contributed by atoms with Crippen LogP contribution in [0.3, 0.4) is 0 Å². The van der Waals surface area contributed by atoms with Gasteiger partial charge in [0.2, 0.25) is 0 Å². The van der Waals surface area contributed by atoms with Crippen LogP contribution in [0.25, 0.3) is 0 Å². The highest BCUT2D eigenvalue weighted by molar-refractivity contribution is 5.22. The van der Waals surface area contributed by atoms with E-state index in [0.717, 1.165) is 11.1 Å². The van der Waals surface area contributed by atoms with E-state index in [1.54, 1.807) is 13.0 Å². The fourth-order valence-electron chi connectivity index (χ4n) is 0.795. The van der Waals surface area contributed by atoms with Crippen LogP contribution in [0.4, 0.5) is 4.39 Å². The molecule has 1 rings (SSSR count). The van der Waals surface area contributed by atoms with E-state index in [0.29, 0.717) is 0 Å². The standard InChI is InChI=1S/C8H9F.2C2H6/c1-6-3-4-8(9)7(2)5-6;2*1-2/h3-5H,1-2H3;2*1-2H3. The topological polar surface area (TPSA) is 0 Å². The Hall–Kier alpha value is -0.850. The molecule has 1 aromatic rings. The second kappa shape index (κ2) is 9.24. The molecule has 0 aliphatic carbocycles. The van der Waals surface area contributed by atoms with Crippen LogP contribution in [0.2, 0.25) is 0 Å². The van der Waals surface area contributed by atoms with Gasteiger partial charge in [-0.15, -0.1) is 0 Å². The first kappa shape index (κ1) is 14.7. The highest BCUT2D eigenvalue weighted by Gasteiger charge is 1.93. The van der Waals surface area contributed by atoms with Crippen molar-refractivity contribution in [3.05, 3.63) is 35.1 Å². The van der Waals surface area contributed by atoms with Crippen LogP contribution in [0.1, 0.15) is 38.8 Å². The molecule has 0 fully saturated rings. The minimum absolute atomic E-state index is 0.124. The predicted molar refractivity (Wildman–Crippen MR) is 58.6 cm³/mol. The minimum atomic E-state index is -0.124. The van der Waals surface area contributed by atoms with Crippen molar-refractivity contribution < 1.29 is 4.39 Å². The Labute approximate surface area is 81.8 Å². The molecule has 0 saturated carbocycles. The molecule has 0 unspecified atom stereocenters. The maximum Gasteiger partial charge on any atom is 0.126 e. The van der Waals surface area contributed by atoms with E-state index in [9.17, 15) is 4.39 Å². The van der Waals surface area contributed by atoms with E-state index in [4.69, 9.17) is 0 Å². The van der Waals surface area contributed by atoms with Gasteiger partial charge in [-0.1, -0.05) is 45.4 Å². The van der Waals surface area contributed by atoms with Crippen LogP contribution in [-0.2, 0) is 0 Å². The summed E-state index contributed by atoms with van der Waals surface area (Å²) in [6.07, 6.45) is 0. The highest BCUT2D eigenvalue weighted by atomic mass is 19.1. The smallest absolute Gasteiger partial charge is 0.126 e. The molecular weight excluding hydrogens is 163 g/mol. The maximum absolute atomic E-state index is 12.5. The van der Waals surface area contributed by atoms with Gasteiger partial charge in [0.15, 0.2) is 0 Å². The fraction of sp³-hybridized carbons (Fsp3) is 0.500. The molecule has 0 saturated heterocycles.